The average molecular weight is 563 g/mol. The van der Waals surface area contributed by atoms with Crippen LogP contribution in [-0.4, -0.2) is 85.8 Å². The molecule has 9 nitrogen and oxygen atoms in total. The molecule has 3 aliphatic heterocycles. The molecular formula is C30H34N4O5S. The Labute approximate surface area is 239 Å². The van der Waals surface area contributed by atoms with Crippen molar-refractivity contribution in [2.75, 3.05) is 54.1 Å². The number of ether oxygens (including phenoxy) is 3. The lowest BCUT2D eigenvalue weighted by atomic mass is 9.90. The van der Waals surface area contributed by atoms with Gasteiger partial charge in [-0.2, -0.15) is 0 Å². The molecule has 1 saturated heterocycles. The standard InChI is InChI=1S/C30H34N4O5S/c1-5-39-29(36)25-26(20-10-7-6-8-11-20)31-30-34(27(25)22-12-9-13-23(37-3)28(22)38-4)21(19-40-30)18-24(35)33-16-14-32(2)15-17-33/h6-13,19,27H,5,14-18H2,1-4H3/t27-/m1/s1. The number of hydrogen-bond donors (Lipinski definition) is 0. The zero-order chi connectivity index (χ0) is 28.2. The lowest BCUT2D eigenvalue weighted by Gasteiger charge is -2.38. The lowest BCUT2D eigenvalue weighted by Crippen LogP contribution is -2.47. The number of carbonyl (C=O) groups is 2. The average Bonchev–Trinajstić information content (AvgIpc) is 3.38. The molecular weight excluding hydrogens is 528 g/mol. The Bertz CT molecular complexity index is 1370. The normalized spacial score (nSPS) is 19.1. The Kier molecular flexibility index (Phi) is 8.46. The van der Waals surface area contributed by atoms with Crippen molar-refractivity contribution in [1.29, 1.82) is 0 Å². The molecule has 3 aliphatic rings. The molecule has 10 heteroatoms. The molecule has 0 saturated carbocycles. The van der Waals surface area contributed by atoms with Crippen molar-refractivity contribution < 1.29 is 23.8 Å². The fourth-order valence-electron chi connectivity index (χ4n) is 5.23. The van der Waals surface area contributed by atoms with Crippen LogP contribution in [0.1, 0.15) is 30.5 Å². The van der Waals surface area contributed by atoms with Crippen LogP contribution in [0.3, 0.4) is 0 Å². The van der Waals surface area contributed by atoms with Gasteiger partial charge in [0.1, 0.15) is 0 Å². The monoisotopic (exact) mass is 562 g/mol. The molecule has 1 fully saturated rings. The maximum atomic E-state index is 13.8. The smallest absolute Gasteiger partial charge is 0.338 e. The number of aliphatic imine (C=N–C) groups is 1. The molecule has 1 amide bonds. The summed E-state index contributed by atoms with van der Waals surface area (Å²) in [5, 5.41) is 2.64. The summed E-state index contributed by atoms with van der Waals surface area (Å²) in [7, 11) is 5.23. The molecule has 3 heterocycles. The molecule has 2 aromatic carbocycles. The zero-order valence-corrected chi connectivity index (χ0v) is 24.1. The van der Waals surface area contributed by atoms with E-state index in [9.17, 15) is 9.59 Å². The predicted molar refractivity (Wildman–Crippen MR) is 156 cm³/mol. The van der Waals surface area contributed by atoms with E-state index in [-0.39, 0.29) is 18.9 Å². The van der Waals surface area contributed by atoms with Crippen molar-refractivity contribution in [3.8, 4) is 11.5 Å². The van der Waals surface area contributed by atoms with E-state index in [1.54, 1.807) is 21.1 Å². The fraction of sp³-hybridized carbons (Fsp3) is 0.367. The van der Waals surface area contributed by atoms with Gasteiger partial charge in [-0.15, -0.1) is 0 Å². The van der Waals surface area contributed by atoms with Gasteiger partial charge in [0, 0.05) is 43.0 Å². The number of amides is 1. The van der Waals surface area contributed by atoms with Crippen LogP contribution in [0.25, 0.3) is 5.70 Å². The summed E-state index contributed by atoms with van der Waals surface area (Å²) in [4.78, 5) is 38.3. The molecule has 1 atom stereocenters. The van der Waals surface area contributed by atoms with Gasteiger partial charge < -0.3 is 28.9 Å². The van der Waals surface area contributed by atoms with Crippen LogP contribution in [0, 0.1) is 0 Å². The second kappa shape index (κ2) is 12.2. The van der Waals surface area contributed by atoms with Gasteiger partial charge in [-0.3, -0.25) is 4.79 Å². The first kappa shape index (κ1) is 27.8. The Morgan fingerprint density at radius 3 is 2.42 bits per heavy atom. The number of nitrogens with zero attached hydrogens (tertiary/aromatic N) is 4. The number of rotatable bonds is 8. The third-order valence-corrected chi connectivity index (χ3v) is 8.16. The largest absolute Gasteiger partial charge is 0.493 e. The molecule has 0 bridgehead atoms. The number of methoxy groups -OCH3 is 2. The van der Waals surface area contributed by atoms with Crippen LogP contribution >= 0.6 is 11.8 Å². The van der Waals surface area contributed by atoms with E-state index in [2.05, 4.69) is 11.9 Å². The maximum Gasteiger partial charge on any atom is 0.338 e. The van der Waals surface area contributed by atoms with Crippen molar-refractivity contribution in [2.24, 2.45) is 4.99 Å². The van der Waals surface area contributed by atoms with Gasteiger partial charge in [-0.05, 0) is 25.4 Å². The van der Waals surface area contributed by atoms with Crippen molar-refractivity contribution in [3.05, 3.63) is 76.3 Å². The number of hydrogen-bond acceptors (Lipinski definition) is 9. The Balaban J connectivity index is 1.64. The maximum absolute atomic E-state index is 13.8. The molecule has 2 aromatic rings. The summed E-state index contributed by atoms with van der Waals surface area (Å²) in [5.41, 5.74) is 3.20. The Morgan fingerprint density at radius 1 is 1.00 bits per heavy atom. The minimum atomic E-state index is -0.659. The number of carbonyl (C=O) groups excluding carboxylic acids is 2. The van der Waals surface area contributed by atoms with E-state index < -0.39 is 12.0 Å². The molecule has 0 aliphatic carbocycles. The van der Waals surface area contributed by atoms with Gasteiger partial charge in [0.05, 0.1) is 44.6 Å². The molecule has 0 aromatic heterocycles. The van der Waals surface area contributed by atoms with Gasteiger partial charge in [-0.1, -0.05) is 54.2 Å². The predicted octanol–water partition coefficient (Wildman–Crippen LogP) is 4.14. The second-order valence-electron chi connectivity index (χ2n) is 9.69. The highest BCUT2D eigenvalue weighted by Gasteiger charge is 2.44. The van der Waals surface area contributed by atoms with Crippen LogP contribution in [0.2, 0.25) is 0 Å². The van der Waals surface area contributed by atoms with E-state index >= 15 is 0 Å². The summed E-state index contributed by atoms with van der Waals surface area (Å²) in [5.74, 6) is 0.625. The van der Waals surface area contributed by atoms with Gasteiger partial charge in [0.2, 0.25) is 5.91 Å². The summed E-state index contributed by atoms with van der Waals surface area (Å²) in [6.07, 6.45) is 0.190. The summed E-state index contributed by atoms with van der Waals surface area (Å²) < 4.78 is 17.1. The van der Waals surface area contributed by atoms with Crippen LogP contribution in [0.15, 0.2) is 70.2 Å². The van der Waals surface area contributed by atoms with Gasteiger partial charge in [-0.25, -0.2) is 9.79 Å². The number of likely N-dealkylation sites (N-methyl/N-ethyl adjacent to an activating group) is 1. The molecule has 40 heavy (non-hydrogen) atoms. The van der Waals surface area contributed by atoms with Crippen molar-refractivity contribution >= 4 is 34.5 Å². The van der Waals surface area contributed by atoms with Crippen molar-refractivity contribution in [1.82, 2.24) is 14.7 Å². The van der Waals surface area contributed by atoms with Crippen molar-refractivity contribution in [3.63, 3.8) is 0 Å². The number of piperazine rings is 1. The first-order valence-corrected chi connectivity index (χ1v) is 14.2. The Hall–Kier alpha value is -3.76. The number of esters is 1. The van der Waals surface area contributed by atoms with Gasteiger partial charge >= 0.3 is 5.97 Å². The first-order chi connectivity index (χ1) is 19.5. The molecule has 0 radical (unpaired) electrons. The summed E-state index contributed by atoms with van der Waals surface area (Å²) >= 11 is 1.45. The first-order valence-electron chi connectivity index (χ1n) is 13.3. The van der Waals surface area contributed by atoms with E-state index in [4.69, 9.17) is 19.2 Å². The molecule has 0 spiro atoms. The van der Waals surface area contributed by atoms with Crippen LogP contribution < -0.4 is 9.47 Å². The minimum absolute atomic E-state index is 0.0491. The third-order valence-electron chi connectivity index (χ3n) is 7.27. The molecule has 0 N–H and O–H groups in total. The quantitative estimate of drug-likeness (QED) is 0.444. The highest BCUT2D eigenvalue weighted by Crippen LogP contribution is 2.50. The fourth-order valence-corrected chi connectivity index (χ4v) is 6.15. The summed E-state index contributed by atoms with van der Waals surface area (Å²) in [6.45, 7) is 5.06. The van der Waals surface area contributed by atoms with E-state index in [1.807, 2.05) is 63.7 Å². The minimum Gasteiger partial charge on any atom is -0.493 e. The SMILES string of the molecule is CCOC(=O)C1=C(c2ccccc2)N=C2SC=C(CC(=O)N3CCN(C)CC3)N2[C@@H]1c1cccc(OC)c1OC. The number of benzene rings is 2. The van der Waals surface area contributed by atoms with Crippen molar-refractivity contribution in [2.45, 2.75) is 19.4 Å². The number of fused-ring (bicyclic) bond motifs is 1. The Morgan fingerprint density at radius 2 is 1.75 bits per heavy atom. The molecule has 0 unspecified atom stereocenters. The summed E-state index contributed by atoms with van der Waals surface area (Å²) in [6, 6.07) is 14.6. The van der Waals surface area contributed by atoms with Crippen LogP contribution in [-0.2, 0) is 14.3 Å². The van der Waals surface area contributed by atoms with Crippen LogP contribution in [0.4, 0.5) is 0 Å². The molecule has 210 valence electrons. The van der Waals surface area contributed by atoms with Crippen LogP contribution in [0.5, 0.6) is 11.5 Å². The second-order valence-corrected chi connectivity index (χ2v) is 10.5. The third kappa shape index (κ3) is 5.33. The number of para-hydroxylation sites is 1. The number of amidine groups is 1. The number of thioether (sulfide) groups is 1. The zero-order valence-electron chi connectivity index (χ0n) is 23.3. The topological polar surface area (TPSA) is 83.9 Å². The highest BCUT2D eigenvalue weighted by molar-refractivity contribution is 8.16. The van der Waals surface area contributed by atoms with E-state index in [0.717, 1.165) is 24.4 Å². The van der Waals surface area contributed by atoms with E-state index in [0.29, 0.717) is 46.6 Å². The van der Waals surface area contributed by atoms with E-state index in [1.165, 1.54) is 11.8 Å². The highest BCUT2D eigenvalue weighted by atomic mass is 32.2. The van der Waals surface area contributed by atoms with Gasteiger partial charge in [0.25, 0.3) is 0 Å². The lowest BCUT2D eigenvalue weighted by molar-refractivity contribution is -0.139. The van der Waals surface area contributed by atoms with Gasteiger partial charge in [0.15, 0.2) is 16.7 Å². The molecule has 5 rings (SSSR count).